The molecule has 0 aromatic rings. The lowest BCUT2D eigenvalue weighted by atomic mass is 9.43. The number of fused-ring (bicyclic) bond motifs is 5. The van der Waals surface area contributed by atoms with E-state index in [1.807, 2.05) is 0 Å². The first-order valence-electron chi connectivity index (χ1n) is 14.7. The molecule has 0 radical (unpaired) electrons. The Bertz CT molecular complexity index is 977. The number of ether oxygens (including phenoxy) is 2. The lowest BCUT2D eigenvalue weighted by Gasteiger charge is -2.64. The second-order valence-electron chi connectivity index (χ2n) is 13.6. The van der Waals surface area contributed by atoms with Crippen LogP contribution in [0, 0.1) is 34.5 Å². The molecule has 5 fully saturated rings. The Kier molecular flexibility index (Phi) is 6.78. The molecule has 1 saturated heterocycles. The van der Waals surface area contributed by atoms with E-state index in [2.05, 4.69) is 13.8 Å². The molecule has 4 saturated carbocycles. The first kappa shape index (κ1) is 27.1. The van der Waals surface area contributed by atoms with Crippen LogP contribution in [-0.2, 0) is 19.1 Å². The van der Waals surface area contributed by atoms with Gasteiger partial charge in [-0.15, -0.1) is 0 Å². The second kappa shape index (κ2) is 9.50. The number of nitrogens with zero attached hydrogens (tertiary/aromatic N) is 1. The molecule has 0 aromatic heterocycles. The fourth-order valence-electron chi connectivity index (χ4n) is 10.1. The second-order valence-corrected chi connectivity index (χ2v) is 13.6. The molecule has 0 amide bonds. The Balaban J connectivity index is 1.19. The third kappa shape index (κ3) is 3.80. The molecule has 214 valence electrons. The Labute approximate surface area is 225 Å². The third-order valence-corrected chi connectivity index (χ3v) is 12.3. The number of esters is 1. The van der Waals surface area contributed by atoms with Crippen molar-refractivity contribution in [2.75, 3.05) is 20.3 Å². The van der Waals surface area contributed by atoms with Gasteiger partial charge in [-0.2, -0.15) is 5.06 Å². The zero-order chi connectivity index (χ0) is 27.0. The number of rotatable bonds is 4. The summed E-state index contributed by atoms with van der Waals surface area (Å²) in [6.45, 7) is 5.17. The quantitative estimate of drug-likeness (QED) is 0.315. The van der Waals surface area contributed by atoms with Crippen LogP contribution in [0.1, 0.15) is 71.6 Å². The molecule has 9 heteroatoms. The minimum atomic E-state index is -1.03. The number of hydroxylamine groups is 2. The SMILES string of the molecule is CON([C@H]1CC[C@@]2(C)[C@H](CC[C@@H]3[C@@H]2CC[C@]2(C)[C@@H](C4=CC(=O)OC4)CC[C@]32O)C1)[C@@H]1OC[C@@H](O)[C@H](N)[C@H]1O. The molecule has 0 unspecified atom stereocenters. The van der Waals surface area contributed by atoms with Gasteiger partial charge in [0.15, 0.2) is 6.23 Å². The van der Waals surface area contributed by atoms with Crippen molar-refractivity contribution in [3.8, 4) is 0 Å². The van der Waals surface area contributed by atoms with Crippen LogP contribution in [0.15, 0.2) is 11.6 Å². The highest BCUT2D eigenvalue weighted by Crippen LogP contribution is 2.70. The van der Waals surface area contributed by atoms with Crippen LogP contribution in [0.25, 0.3) is 0 Å². The van der Waals surface area contributed by atoms with Crippen LogP contribution < -0.4 is 5.73 Å². The van der Waals surface area contributed by atoms with Crippen molar-refractivity contribution in [2.45, 2.75) is 108 Å². The van der Waals surface area contributed by atoms with Gasteiger partial charge >= 0.3 is 5.97 Å². The molecule has 0 spiro atoms. The Hall–Kier alpha value is -1.07. The van der Waals surface area contributed by atoms with Crippen LogP contribution in [0.3, 0.4) is 0 Å². The molecule has 0 bridgehead atoms. The predicted molar refractivity (Wildman–Crippen MR) is 138 cm³/mol. The third-order valence-electron chi connectivity index (χ3n) is 12.3. The van der Waals surface area contributed by atoms with Crippen molar-refractivity contribution < 1.29 is 34.4 Å². The molecular weight excluding hydrogens is 488 g/mol. The summed E-state index contributed by atoms with van der Waals surface area (Å²) in [5, 5.41) is 35.0. The number of hydrogen-bond donors (Lipinski definition) is 4. The van der Waals surface area contributed by atoms with Crippen LogP contribution >= 0.6 is 0 Å². The minimum Gasteiger partial charge on any atom is -0.458 e. The molecule has 6 rings (SSSR count). The summed E-state index contributed by atoms with van der Waals surface area (Å²) in [5.41, 5.74) is 6.32. The number of carbonyl (C=O) groups excluding carboxylic acids is 1. The smallest absolute Gasteiger partial charge is 0.331 e. The van der Waals surface area contributed by atoms with E-state index in [4.69, 9.17) is 20.0 Å². The van der Waals surface area contributed by atoms with Crippen molar-refractivity contribution >= 4 is 5.97 Å². The van der Waals surface area contributed by atoms with Gasteiger partial charge in [0.1, 0.15) is 12.7 Å². The van der Waals surface area contributed by atoms with Gasteiger partial charge in [-0.05, 0) is 92.4 Å². The van der Waals surface area contributed by atoms with Gasteiger partial charge < -0.3 is 30.5 Å². The van der Waals surface area contributed by atoms with Crippen molar-refractivity contribution in [3.63, 3.8) is 0 Å². The van der Waals surface area contributed by atoms with Crippen molar-refractivity contribution in [1.29, 1.82) is 0 Å². The van der Waals surface area contributed by atoms with Crippen LogP contribution in [0.2, 0.25) is 0 Å². The standard InChI is InChI=1S/C29H46N2O7/c1-27-9-6-18(31(36-3)26-25(34)24(30)22(32)15-38-26)13-17(27)4-5-21-20(27)7-10-28(2)19(8-11-29(21,28)35)16-12-23(33)37-14-16/h12,17-22,24-26,32,34-35H,4-11,13-15,30H2,1-3H3/t17-,18+,19-,20+,21-,22-,24+,25-,26-,27+,28-,29+/m1/s1. The average Bonchev–Trinajstić information content (AvgIpc) is 3.44. The summed E-state index contributed by atoms with van der Waals surface area (Å²) in [6.07, 6.45) is 7.82. The molecule has 12 atom stereocenters. The van der Waals surface area contributed by atoms with Crippen molar-refractivity contribution in [3.05, 3.63) is 11.6 Å². The van der Waals surface area contributed by atoms with Gasteiger partial charge in [-0.3, -0.25) is 4.84 Å². The summed E-state index contributed by atoms with van der Waals surface area (Å²) in [7, 11) is 1.61. The number of cyclic esters (lactones) is 1. The molecule has 6 aliphatic rings. The maximum absolute atomic E-state index is 12.4. The number of aliphatic hydroxyl groups excluding tert-OH is 2. The largest absolute Gasteiger partial charge is 0.458 e. The zero-order valence-corrected chi connectivity index (χ0v) is 23.1. The molecule has 0 aromatic carbocycles. The monoisotopic (exact) mass is 534 g/mol. The lowest BCUT2D eigenvalue weighted by molar-refractivity contribution is -0.314. The molecule has 5 N–H and O–H groups in total. The highest BCUT2D eigenvalue weighted by Gasteiger charge is 2.68. The van der Waals surface area contributed by atoms with Crippen LogP contribution in [0.4, 0.5) is 0 Å². The predicted octanol–water partition coefficient (Wildman–Crippen LogP) is 1.88. The van der Waals surface area contributed by atoms with Crippen molar-refractivity contribution in [2.24, 2.45) is 40.2 Å². The Morgan fingerprint density at radius 3 is 2.58 bits per heavy atom. The molecule has 4 aliphatic carbocycles. The van der Waals surface area contributed by atoms with E-state index in [0.29, 0.717) is 18.4 Å². The van der Waals surface area contributed by atoms with Gasteiger partial charge in [-0.1, -0.05) is 13.8 Å². The van der Waals surface area contributed by atoms with E-state index in [-0.39, 0.29) is 41.3 Å². The van der Waals surface area contributed by atoms with E-state index in [0.717, 1.165) is 63.4 Å². The molecule has 38 heavy (non-hydrogen) atoms. The first-order valence-corrected chi connectivity index (χ1v) is 14.7. The van der Waals surface area contributed by atoms with Gasteiger partial charge in [0.25, 0.3) is 0 Å². The fraction of sp³-hybridized carbons (Fsp3) is 0.897. The van der Waals surface area contributed by atoms with Gasteiger partial charge in [-0.25, -0.2) is 4.79 Å². The molecule has 9 nitrogen and oxygen atoms in total. The number of nitrogens with two attached hydrogens (primary N) is 1. The summed E-state index contributed by atoms with van der Waals surface area (Å²) >= 11 is 0. The topological polar surface area (TPSA) is 135 Å². The average molecular weight is 535 g/mol. The molecule has 2 aliphatic heterocycles. The maximum Gasteiger partial charge on any atom is 0.331 e. The highest BCUT2D eigenvalue weighted by atomic mass is 16.7. The first-order chi connectivity index (χ1) is 18.0. The zero-order valence-electron chi connectivity index (χ0n) is 23.1. The van der Waals surface area contributed by atoms with Crippen LogP contribution in [-0.4, -0.2) is 82.8 Å². The highest BCUT2D eigenvalue weighted by molar-refractivity contribution is 5.85. The normalized spacial score (nSPS) is 52.7. The minimum absolute atomic E-state index is 0.0793. The fourth-order valence-corrected chi connectivity index (χ4v) is 10.1. The Morgan fingerprint density at radius 2 is 1.87 bits per heavy atom. The summed E-state index contributed by atoms with van der Waals surface area (Å²) < 4.78 is 11.1. The van der Waals surface area contributed by atoms with Gasteiger partial charge in [0.05, 0.1) is 31.5 Å². The van der Waals surface area contributed by atoms with E-state index < -0.39 is 30.1 Å². The van der Waals surface area contributed by atoms with Gasteiger partial charge in [0, 0.05) is 17.5 Å². The molecular formula is C29H46N2O7. The van der Waals surface area contributed by atoms with Crippen molar-refractivity contribution in [1.82, 2.24) is 5.06 Å². The molecule has 2 heterocycles. The summed E-state index contributed by atoms with van der Waals surface area (Å²) in [6, 6.07) is -0.677. The lowest BCUT2D eigenvalue weighted by Crippen LogP contribution is -2.65. The van der Waals surface area contributed by atoms with E-state index in [9.17, 15) is 20.1 Å². The van der Waals surface area contributed by atoms with E-state index in [1.165, 1.54) is 0 Å². The number of aliphatic hydroxyl groups is 3. The maximum atomic E-state index is 12.4. The Morgan fingerprint density at radius 1 is 1.08 bits per heavy atom. The van der Waals surface area contributed by atoms with E-state index >= 15 is 0 Å². The van der Waals surface area contributed by atoms with Gasteiger partial charge in [0.2, 0.25) is 0 Å². The summed E-state index contributed by atoms with van der Waals surface area (Å²) in [4.78, 5) is 17.6. The number of hydrogen-bond acceptors (Lipinski definition) is 9. The van der Waals surface area contributed by atoms with E-state index in [1.54, 1.807) is 18.2 Å². The van der Waals surface area contributed by atoms with Crippen LogP contribution in [0.5, 0.6) is 0 Å². The summed E-state index contributed by atoms with van der Waals surface area (Å²) in [5.74, 6) is 1.19. The number of carbonyl (C=O) groups is 1.